The van der Waals surface area contributed by atoms with Gasteiger partial charge in [0.1, 0.15) is 11.6 Å². The van der Waals surface area contributed by atoms with Crippen LogP contribution in [0, 0.1) is 5.92 Å². The first kappa shape index (κ1) is 47.2. The second kappa shape index (κ2) is 35.4. The van der Waals surface area contributed by atoms with Gasteiger partial charge in [-0.3, -0.25) is 9.59 Å². The van der Waals surface area contributed by atoms with E-state index in [9.17, 15) is 9.59 Å². The molecule has 3 nitrogen and oxygen atoms in total. The number of rotatable bonds is 35. The smallest absolute Gasteiger partial charge is 0.142 e. The molecule has 0 bridgehead atoms. The average Bonchev–Trinajstić information content (AvgIpc) is 3.00. The van der Waals surface area contributed by atoms with Crippen molar-refractivity contribution in [1.29, 1.82) is 0 Å². The number of ketones is 2. The SMILES string of the molecule is CCCCCCCC/C=C\CCCCCCCC(=O)CC(C[N+](C)(C)C)C(=O)CCCCCCC/C=C\CCCCCCCC.[Cl-]. The molecule has 0 aliphatic carbocycles. The monoisotopic (exact) mass is 666 g/mol. The molecule has 0 N–H and O–H groups in total. The number of quaternary nitrogens is 1. The molecule has 0 aliphatic rings. The third-order valence-corrected chi connectivity index (χ3v) is 9.10. The Balaban J connectivity index is 0. The van der Waals surface area contributed by atoms with Gasteiger partial charge < -0.3 is 16.9 Å². The molecule has 0 saturated heterocycles. The molecule has 0 amide bonds. The Morgan fingerprint density at radius 3 is 1.17 bits per heavy atom. The summed E-state index contributed by atoms with van der Waals surface area (Å²) >= 11 is 0. The molecule has 0 aromatic heterocycles. The highest BCUT2D eigenvalue weighted by atomic mass is 35.5. The van der Waals surface area contributed by atoms with E-state index in [4.69, 9.17) is 0 Å². The van der Waals surface area contributed by atoms with Crippen LogP contribution in [-0.2, 0) is 9.59 Å². The molecule has 1 atom stereocenters. The second-order valence-electron chi connectivity index (χ2n) is 15.0. The third-order valence-electron chi connectivity index (χ3n) is 9.10. The summed E-state index contributed by atoms with van der Waals surface area (Å²) in [5.74, 6) is 0.500. The van der Waals surface area contributed by atoms with Gasteiger partial charge in [-0.2, -0.15) is 0 Å². The second-order valence-corrected chi connectivity index (χ2v) is 15.0. The molecule has 0 aromatic carbocycles. The molecular formula is C42H80ClNO2. The zero-order valence-corrected chi connectivity index (χ0v) is 32.5. The van der Waals surface area contributed by atoms with E-state index in [2.05, 4.69) is 59.3 Å². The minimum absolute atomic E-state index is 0. The van der Waals surface area contributed by atoms with Gasteiger partial charge in [-0.25, -0.2) is 0 Å². The molecule has 272 valence electrons. The first-order chi connectivity index (χ1) is 21.8. The first-order valence-corrected chi connectivity index (χ1v) is 19.9. The highest BCUT2D eigenvalue weighted by Crippen LogP contribution is 2.18. The lowest BCUT2D eigenvalue weighted by atomic mass is 9.91. The number of nitrogens with zero attached hydrogens (tertiary/aromatic N) is 1. The summed E-state index contributed by atoms with van der Waals surface area (Å²) in [5, 5.41) is 0. The summed E-state index contributed by atoms with van der Waals surface area (Å²) in [7, 11) is 6.41. The number of hydrogen-bond donors (Lipinski definition) is 0. The molecule has 0 rings (SSSR count). The van der Waals surface area contributed by atoms with Gasteiger partial charge in [0.15, 0.2) is 0 Å². The zero-order valence-electron chi connectivity index (χ0n) is 31.7. The van der Waals surface area contributed by atoms with Gasteiger partial charge in [-0.05, 0) is 64.2 Å². The standard InChI is InChI=1S/C42H80NO2.ClH/c1-6-8-10-12-14-16-18-20-22-24-26-28-30-32-34-36-41(44)38-40(39-43(3,4)5)42(45)37-35-33-31-29-27-25-23-21-19-17-15-13-11-9-7-2;/h20-23,40H,6-19,24-39H2,1-5H3;1H/q+1;/p-1/b22-20-,23-21-;. The van der Waals surface area contributed by atoms with Crippen LogP contribution in [-0.4, -0.2) is 43.7 Å². The lowest BCUT2D eigenvalue weighted by Gasteiger charge is -2.28. The van der Waals surface area contributed by atoms with Crippen LogP contribution in [0.25, 0.3) is 0 Å². The molecule has 0 aromatic rings. The Bertz CT molecular complexity index is 724. The van der Waals surface area contributed by atoms with Crippen molar-refractivity contribution in [2.45, 2.75) is 200 Å². The molecule has 0 spiro atoms. The fourth-order valence-corrected chi connectivity index (χ4v) is 6.29. The van der Waals surface area contributed by atoms with Crippen LogP contribution in [0.3, 0.4) is 0 Å². The largest absolute Gasteiger partial charge is 1.00 e. The number of hydrogen-bond acceptors (Lipinski definition) is 2. The summed E-state index contributed by atoms with van der Waals surface area (Å²) in [6, 6.07) is 0. The van der Waals surface area contributed by atoms with Crippen molar-refractivity contribution >= 4 is 11.6 Å². The predicted molar refractivity (Wildman–Crippen MR) is 200 cm³/mol. The maximum Gasteiger partial charge on any atom is 0.142 e. The van der Waals surface area contributed by atoms with Gasteiger partial charge in [0.25, 0.3) is 0 Å². The van der Waals surface area contributed by atoms with E-state index >= 15 is 0 Å². The number of Topliss-reactive ketones (excluding diaryl/α,β-unsaturated/α-hetero) is 2. The van der Waals surface area contributed by atoms with E-state index in [0.717, 1.165) is 36.7 Å². The van der Waals surface area contributed by atoms with Crippen molar-refractivity contribution in [3.8, 4) is 0 Å². The minimum Gasteiger partial charge on any atom is -1.00 e. The summed E-state index contributed by atoms with van der Waals surface area (Å²) < 4.78 is 0.740. The van der Waals surface area contributed by atoms with Crippen molar-refractivity contribution in [2.24, 2.45) is 5.92 Å². The normalized spacial score (nSPS) is 12.6. The van der Waals surface area contributed by atoms with Crippen molar-refractivity contribution in [2.75, 3.05) is 27.7 Å². The minimum atomic E-state index is -0.114. The Morgan fingerprint density at radius 2 is 0.804 bits per heavy atom. The van der Waals surface area contributed by atoms with E-state index in [1.54, 1.807) is 0 Å². The summed E-state index contributed by atoms with van der Waals surface area (Å²) in [5.41, 5.74) is 0. The van der Waals surface area contributed by atoms with Gasteiger partial charge in [0, 0.05) is 19.3 Å². The summed E-state index contributed by atoms with van der Waals surface area (Å²) in [4.78, 5) is 25.9. The maximum absolute atomic E-state index is 13.1. The molecule has 46 heavy (non-hydrogen) atoms. The van der Waals surface area contributed by atoms with Crippen LogP contribution in [0.1, 0.15) is 200 Å². The number of unbranched alkanes of at least 4 members (excludes halogenated alkanes) is 22. The Hall–Kier alpha value is -0.930. The Kier molecular flexibility index (Phi) is 36.3. The van der Waals surface area contributed by atoms with Crippen LogP contribution in [0.2, 0.25) is 0 Å². The van der Waals surface area contributed by atoms with Crippen LogP contribution >= 0.6 is 0 Å². The quantitative estimate of drug-likeness (QED) is 0.0384. The van der Waals surface area contributed by atoms with Gasteiger partial charge >= 0.3 is 0 Å². The topological polar surface area (TPSA) is 34.1 Å². The Labute approximate surface area is 295 Å². The molecule has 0 aliphatic heterocycles. The van der Waals surface area contributed by atoms with Gasteiger partial charge in [0.05, 0.1) is 33.6 Å². The molecule has 1 unspecified atom stereocenters. The van der Waals surface area contributed by atoms with Gasteiger partial charge in [-0.1, -0.05) is 141 Å². The Morgan fingerprint density at radius 1 is 0.478 bits per heavy atom. The number of allylic oxidation sites excluding steroid dienone is 4. The molecule has 0 radical (unpaired) electrons. The van der Waals surface area contributed by atoms with Crippen LogP contribution in [0.15, 0.2) is 24.3 Å². The van der Waals surface area contributed by atoms with Crippen LogP contribution < -0.4 is 12.4 Å². The molecule has 0 fully saturated rings. The number of carbonyl (C=O) groups is 2. The van der Waals surface area contributed by atoms with Crippen molar-refractivity contribution < 1.29 is 26.5 Å². The first-order valence-electron chi connectivity index (χ1n) is 19.9. The average molecular weight is 667 g/mol. The summed E-state index contributed by atoms with van der Waals surface area (Å²) in [6.07, 6.45) is 44.3. The third kappa shape index (κ3) is 35.9. The maximum atomic E-state index is 13.1. The zero-order chi connectivity index (χ0) is 33.3. The highest BCUT2D eigenvalue weighted by Gasteiger charge is 2.27. The molecule has 4 heteroatoms. The van der Waals surface area contributed by atoms with Crippen molar-refractivity contribution in [3.63, 3.8) is 0 Å². The van der Waals surface area contributed by atoms with Crippen molar-refractivity contribution in [1.82, 2.24) is 0 Å². The molecular weight excluding hydrogens is 586 g/mol. The lowest BCUT2D eigenvalue weighted by molar-refractivity contribution is -0.872. The molecule has 0 heterocycles. The van der Waals surface area contributed by atoms with Crippen LogP contribution in [0.5, 0.6) is 0 Å². The van der Waals surface area contributed by atoms with Crippen LogP contribution in [0.4, 0.5) is 0 Å². The van der Waals surface area contributed by atoms with Gasteiger partial charge in [0.2, 0.25) is 0 Å². The number of halogens is 1. The highest BCUT2D eigenvalue weighted by molar-refractivity contribution is 5.88. The predicted octanol–water partition coefficient (Wildman–Crippen LogP) is 9.92. The molecule has 0 saturated carbocycles. The van der Waals surface area contributed by atoms with E-state index < -0.39 is 0 Å². The summed E-state index contributed by atoms with van der Waals surface area (Å²) in [6.45, 7) is 5.31. The fourth-order valence-electron chi connectivity index (χ4n) is 6.29. The van der Waals surface area contributed by atoms with Gasteiger partial charge in [-0.15, -0.1) is 0 Å². The van der Waals surface area contributed by atoms with E-state index in [1.807, 2.05) is 0 Å². The van der Waals surface area contributed by atoms with E-state index in [1.165, 1.54) is 141 Å². The van der Waals surface area contributed by atoms with E-state index in [0.29, 0.717) is 30.8 Å². The van der Waals surface area contributed by atoms with E-state index in [-0.39, 0.29) is 18.3 Å². The number of carbonyl (C=O) groups excluding carboxylic acids is 2. The van der Waals surface area contributed by atoms with Crippen molar-refractivity contribution in [3.05, 3.63) is 24.3 Å². The fraction of sp³-hybridized carbons (Fsp3) is 0.857. The lowest BCUT2D eigenvalue weighted by Crippen LogP contribution is -3.00.